The molecule has 0 unspecified atom stereocenters. The minimum atomic E-state index is -0.633. The van der Waals surface area contributed by atoms with Gasteiger partial charge in [0.05, 0.1) is 24.9 Å². The molecule has 2 aromatic rings. The van der Waals surface area contributed by atoms with Crippen LogP contribution >= 0.6 is 11.3 Å². The number of carbonyl (C=O) groups excluding carboxylic acids is 2. The average molecular weight is 391 g/mol. The number of hydrogen-bond donors (Lipinski definition) is 3. The van der Waals surface area contributed by atoms with Gasteiger partial charge in [0.25, 0.3) is 0 Å². The van der Waals surface area contributed by atoms with E-state index in [2.05, 4.69) is 15.6 Å². The molecule has 146 valence electrons. The van der Waals surface area contributed by atoms with E-state index in [1.54, 1.807) is 0 Å². The van der Waals surface area contributed by atoms with Crippen LogP contribution < -0.4 is 21.1 Å². The molecule has 27 heavy (non-hydrogen) atoms. The Kier molecular flexibility index (Phi) is 7.32. The van der Waals surface area contributed by atoms with Crippen molar-refractivity contribution in [1.82, 2.24) is 10.3 Å². The van der Waals surface area contributed by atoms with Crippen molar-refractivity contribution in [3.63, 3.8) is 0 Å². The minimum absolute atomic E-state index is 0.00588. The van der Waals surface area contributed by atoms with Gasteiger partial charge in [-0.3, -0.25) is 9.59 Å². The topological polar surface area (TPSA) is 106 Å². The Hall–Kier alpha value is -2.45. The minimum Gasteiger partial charge on any atom is -0.494 e. The Morgan fingerprint density at radius 1 is 1.26 bits per heavy atom. The first-order valence-electron chi connectivity index (χ1n) is 8.85. The molecule has 1 aromatic carbocycles. The summed E-state index contributed by atoms with van der Waals surface area (Å²) in [6.07, 6.45) is 0. The third-order valence-electron chi connectivity index (χ3n) is 3.93. The number of carbonyl (C=O) groups is 2. The second kappa shape index (κ2) is 9.48. The van der Waals surface area contributed by atoms with Crippen molar-refractivity contribution in [2.45, 2.75) is 33.7 Å². The number of amides is 2. The maximum Gasteiger partial charge on any atom is 0.245 e. The third kappa shape index (κ3) is 5.77. The molecule has 4 N–H and O–H groups in total. The molecule has 0 spiro atoms. The number of nitrogens with one attached hydrogen (secondary N) is 2. The first-order valence-corrected chi connectivity index (χ1v) is 9.67. The molecule has 0 saturated heterocycles. The molecule has 1 atom stereocenters. The lowest BCUT2D eigenvalue weighted by atomic mass is 10.1. The highest BCUT2D eigenvalue weighted by Gasteiger charge is 2.18. The molecule has 2 rings (SSSR count). The summed E-state index contributed by atoms with van der Waals surface area (Å²) in [6.45, 7) is 8.06. The normalized spacial score (nSPS) is 11.9. The quantitative estimate of drug-likeness (QED) is 0.642. The number of nitrogens with zero attached hydrogens (tertiary/aromatic N) is 1. The molecule has 0 bridgehead atoms. The summed E-state index contributed by atoms with van der Waals surface area (Å²) < 4.78 is 5.44. The number of anilines is 1. The van der Waals surface area contributed by atoms with Gasteiger partial charge >= 0.3 is 0 Å². The molecule has 0 aliphatic heterocycles. The van der Waals surface area contributed by atoms with Gasteiger partial charge in [-0.25, -0.2) is 4.98 Å². The van der Waals surface area contributed by atoms with Gasteiger partial charge in [0.1, 0.15) is 5.75 Å². The van der Waals surface area contributed by atoms with Gasteiger partial charge in [-0.05, 0) is 44.0 Å². The summed E-state index contributed by atoms with van der Waals surface area (Å²) in [5, 5.41) is 5.75. The summed E-state index contributed by atoms with van der Waals surface area (Å²) in [5.41, 5.74) is 7.51. The van der Waals surface area contributed by atoms with Crippen molar-refractivity contribution >= 4 is 28.3 Å². The van der Waals surface area contributed by atoms with Crippen molar-refractivity contribution in [3.8, 4) is 17.0 Å². The van der Waals surface area contributed by atoms with Crippen LogP contribution in [0.5, 0.6) is 5.75 Å². The van der Waals surface area contributed by atoms with Gasteiger partial charge in [-0.2, -0.15) is 0 Å². The number of aromatic nitrogens is 1. The summed E-state index contributed by atoms with van der Waals surface area (Å²) in [7, 11) is 0. The molecular weight excluding hydrogens is 364 g/mol. The largest absolute Gasteiger partial charge is 0.494 e. The van der Waals surface area contributed by atoms with Crippen LogP contribution in [0.4, 0.5) is 5.13 Å². The molecular formula is C19H26N4O3S. The second-order valence-corrected chi connectivity index (χ2v) is 7.62. The van der Waals surface area contributed by atoms with Crippen LogP contribution in [-0.4, -0.2) is 36.0 Å². The zero-order valence-electron chi connectivity index (χ0n) is 16.0. The van der Waals surface area contributed by atoms with Gasteiger partial charge in [-0.1, -0.05) is 13.8 Å². The molecule has 1 heterocycles. The first kappa shape index (κ1) is 20.9. The van der Waals surface area contributed by atoms with Gasteiger partial charge in [0.2, 0.25) is 11.8 Å². The van der Waals surface area contributed by atoms with Gasteiger partial charge in [-0.15, -0.1) is 11.3 Å². The van der Waals surface area contributed by atoms with Gasteiger partial charge in [0.15, 0.2) is 5.13 Å². The van der Waals surface area contributed by atoms with E-state index in [-0.39, 0.29) is 24.3 Å². The van der Waals surface area contributed by atoms with Crippen LogP contribution in [0.2, 0.25) is 0 Å². The van der Waals surface area contributed by atoms with E-state index >= 15 is 0 Å². The smallest absolute Gasteiger partial charge is 0.245 e. The molecule has 0 radical (unpaired) electrons. The molecule has 0 saturated carbocycles. The zero-order chi connectivity index (χ0) is 20.0. The van der Waals surface area contributed by atoms with Crippen molar-refractivity contribution < 1.29 is 14.3 Å². The lowest BCUT2D eigenvalue weighted by Gasteiger charge is -2.14. The number of nitrogens with two attached hydrogens (primary N) is 1. The van der Waals surface area contributed by atoms with E-state index in [9.17, 15) is 9.59 Å². The molecule has 0 aliphatic carbocycles. The number of thiazole rings is 1. The highest BCUT2D eigenvalue weighted by atomic mass is 32.1. The Labute approximate surface area is 163 Å². The SMILES string of the molecule is CCOc1ccc(-c2nc(NC(=O)CNC(=O)[C@@H](N)C(C)C)sc2C)cc1. The van der Waals surface area contributed by atoms with Crippen LogP contribution in [0, 0.1) is 12.8 Å². The van der Waals surface area contributed by atoms with Crippen molar-refractivity contribution in [2.75, 3.05) is 18.5 Å². The monoisotopic (exact) mass is 390 g/mol. The predicted molar refractivity (Wildman–Crippen MR) is 108 cm³/mol. The van der Waals surface area contributed by atoms with E-state index < -0.39 is 6.04 Å². The maximum absolute atomic E-state index is 12.1. The summed E-state index contributed by atoms with van der Waals surface area (Å²) >= 11 is 1.39. The maximum atomic E-state index is 12.1. The lowest BCUT2D eigenvalue weighted by Crippen LogP contribution is -2.46. The van der Waals surface area contributed by atoms with Crippen LogP contribution in [0.1, 0.15) is 25.6 Å². The molecule has 1 aromatic heterocycles. The van der Waals surface area contributed by atoms with Crippen molar-refractivity contribution in [3.05, 3.63) is 29.1 Å². The first-order chi connectivity index (χ1) is 12.8. The molecule has 7 nitrogen and oxygen atoms in total. The van der Waals surface area contributed by atoms with Crippen LogP contribution in [-0.2, 0) is 9.59 Å². The van der Waals surface area contributed by atoms with E-state index in [4.69, 9.17) is 10.5 Å². The number of ether oxygens (including phenoxy) is 1. The van der Waals surface area contributed by atoms with Crippen LogP contribution in [0.15, 0.2) is 24.3 Å². The third-order valence-corrected chi connectivity index (χ3v) is 4.81. The van der Waals surface area contributed by atoms with Crippen molar-refractivity contribution in [1.29, 1.82) is 0 Å². The fraction of sp³-hybridized carbons (Fsp3) is 0.421. The number of aryl methyl sites for hydroxylation is 1. The van der Waals surface area contributed by atoms with Crippen LogP contribution in [0.3, 0.4) is 0 Å². The summed E-state index contributed by atoms with van der Waals surface area (Å²) in [4.78, 5) is 29.4. The second-order valence-electron chi connectivity index (χ2n) is 6.42. The lowest BCUT2D eigenvalue weighted by molar-refractivity contribution is -0.125. The fourth-order valence-corrected chi connectivity index (χ4v) is 3.20. The number of hydrogen-bond acceptors (Lipinski definition) is 6. The number of benzene rings is 1. The van der Waals surface area contributed by atoms with E-state index in [1.165, 1.54) is 11.3 Å². The van der Waals surface area contributed by atoms with Crippen molar-refractivity contribution in [2.24, 2.45) is 11.7 Å². The Morgan fingerprint density at radius 2 is 1.93 bits per heavy atom. The van der Waals surface area contributed by atoms with Gasteiger partial charge in [0, 0.05) is 10.4 Å². The average Bonchev–Trinajstić information content (AvgIpc) is 3.00. The molecule has 0 aliphatic rings. The molecule has 8 heteroatoms. The van der Waals surface area contributed by atoms with E-state index in [1.807, 2.05) is 52.0 Å². The molecule has 0 fully saturated rings. The standard InChI is InChI=1S/C19H26N4O3S/c1-5-26-14-8-6-13(7-9-14)17-12(4)27-19(23-17)22-15(24)10-21-18(25)16(20)11(2)3/h6-9,11,16H,5,10,20H2,1-4H3,(H,21,25)(H,22,23,24)/t16-/m0/s1. The Balaban J connectivity index is 1.97. The highest BCUT2D eigenvalue weighted by Crippen LogP contribution is 2.31. The molecule has 2 amide bonds. The Bertz CT molecular complexity index is 787. The number of rotatable bonds is 8. The highest BCUT2D eigenvalue weighted by molar-refractivity contribution is 7.16. The van der Waals surface area contributed by atoms with E-state index in [0.717, 1.165) is 21.9 Å². The van der Waals surface area contributed by atoms with Gasteiger partial charge < -0.3 is 21.1 Å². The summed E-state index contributed by atoms with van der Waals surface area (Å²) in [5.74, 6) is 0.126. The summed E-state index contributed by atoms with van der Waals surface area (Å²) in [6, 6.07) is 7.02. The predicted octanol–water partition coefficient (Wildman–Crippen LogP) is 2.56. The van der Waals surface area contributed by atoms with Crippen LogP contribution in [0.25, 0.3) is 11.3 Å². The zero-order valence-corrected chi connectivity index (χ0v) is 16.9. The van der Waals surface area contributed by atoms with E-state index in [0.29, 0.717) is 11.7 Å². The Morgan fingerprint density at radius 3 is 2.52 bits per heavy atom. The fourth-order valence-electron chi connectivity index (χ4n) is 2.34.